The van der Waals surface area contributed by atoms with E-state index in [2.05, 4.69) is 4.98 Å². The molecule has 0 saturated carbocycles. The van der Waals surface area contributed by atoms with Gasteiger partial charge in [0.25, 0.3) is 0 Å². The fraction of sp³-hybridized carbons (Fsp3) is 0.308. The molecule has 0 atom stereocenters. The van der Waals surface area contributed by atoms with Crippen molar-refractivity contribution in [3.05, 3.63) is 24.0 Å². The number of thioether (sulfide) groups is 1. The van der Waals surface area contributed by atoms with Gasteiger partial charge >= 0.3 is 5.97 Å². The third-order valence-corrected chi connectivity index (χ3v) is 4.00. The van der Waals surface area contributed by atoms with Crippen LogP contribution in [0.1, 0.15) is 13.8 Å². The van der Waals surface area contributed by atoms with Gasteiger partial charge in [-0.3, -0.25) is 9.59 Å². The van der Waals surface area contributed by atoms with Crippen molar-refractivity contribution in [3.63, 3.8) is 0 Å². The fourth-order valence-corrected chi connectivity index (χ4v) is 2.78. The van der Waals surface area contributed by atoms with Crippen molar-refractivity contribution >= 4 is 34.7 Å². The molecule has 0 fully saturated rings. The Morgan fingerprint density at radius 1 is 1.48 bits per heavy atom. The number of nitrogens with two attached hydrogens (primary N) is 1. The number of fused-ring (bicyclic) bond motifs is 1. The van der Waals surface area contributed by atoms with Gasteiger partial charge in [0.2, 0.25) is 5.91 Å². The summed E-state index contributed by atoms with van der Waals surface area (Å²) in [6.07, 6.45) is 0. The van der Waals surface area contributed by atoms with E-state index in [-0.39, 0.29) is 5.75 Å². The molecule has 8 heteroatoms. The number of hydrogen-bond acceptors (Lipinski definition) is 4. The summed E-state index contributed by atoms with van der Waals surface area (Å²) in [5.41, 5.74) is 5.17. The summed E-state index contributed by atoms with van der Waals surface area (Å²) >= 11 is 0.953. The first-order valence-corrected chi connectivity index (χ1v) is 7.05. The molecular formula is C13H14FN3O3S. The van der Waals surface area contributed by atoms with Crippen LogP contribution in [0.3, 0.4) is 0 Å². The van der Waals surface area contributed by atoms with Crippen molar-refractivity contribution in [2.45, 2.75) is 24.5 Å². The van der Waals surface area contributed by atoms with E-state index < -0.39 is 23.2 Å². The minimum absolute atomic E-state index is 0.222. The highest BCUT2D eigenvalue weighted by Crippen LogP contribution is 2.31. The number of benzene rings is 1. The number of imidazole rings is 1. The van der Waals surface area contributed by atoms with Crippen LogP contribution in [0.5, 0.6) is 0 Å². The van der Waals surface area contributed by atoms with Crippen LogP contribution >= 0.6 is 11.8 Å². The zero-order chi connectivity index (χ0) is 15.8. The van der Waals surface area contributed by atoms with Crippen molar-refractivity contribution in [1.82, 2.24) is 9.55 Å². The van der Waals surface area contributed by atoms with Crippen LogP contribution in [-0.4, -0.2) is 32.3 Å². The van der Waals surface area contributed by atoms with Gasteiger partial charge in [-0.15, -0.1) is 0 Å². The molecule has 0 saturated heterocycles. The lowest BCUT2D eigenvalue weighted by atomic mass is 10.0. The van der Waals surface area contributed by atoms with Gasteiger partial charge in [-0.2, -0.15) is 0 Å². The number of carbonyl (C=O) groups is 2. The van der Waals surface area contributed by atoms with Crippen LogP contribution in [0.4, 0.5) is 4.39 Å². The Balaban J connectivity index is 2.65. The second-order valence-electron chi connectivity index (χ2n) is 4.97. The molecule has 1 aromatic carbocycles. The molecular weight excluding hydrogens is 297 g/mol. The summed E-state index contributed by atoms with van der Waals surface area (Å²) < 4.78 is 14.8. The van der Waals surface area contributed by atoms with Crippen LogP contribution in [0.25, 0.3) is 11.0 Å². The number of rotatable bonds is 5. The SMILES string of the molecule is CC(C)(C(N)=O)n1c(SCC(=O)O)nc2cc(F)ccc21. The van der Waals surface area contributed by atoms with E-state index in [4.69, 9.17) is 10.8 Å². The van der Waals surface area contributed by atoms with Crippen LogP contribution < -0.4 is 5.73 Å². The Morgan fingerprint density at radius 2 is 2.14 bits per heavy atom. The second kappa shape index (κ2) is 5.36. The van der Waals surface area contributed by atoms with Crippen LogP contribution in [0.15, 0.2) is 23.4 Å². The van der Waals surface area contributed by atoms with Gasteiger partial charge in [0.05, 0.1) is 16.8 Å². The Labute approximate surface area is 124 Å². The average molecular weight is 311 g/mol. The van der Waals surface area contributed by atoms with Crippen LogP contribution in [0.2, 0.25) is 0 Å². The number of primary amides is 1. The minimum atomic E-state index is -1.12. The van der Waals surface area contributed by atoms with E-state index in [0.717, 1.165) is 11.8 Å². The van der Waals surface area contributed by atoms with Gasteiger partial charge in [0.1, 0.15) is 11.4 Å². The van der Waals surface area contributed by atoms with Gasteiger partial charge in [-0.25, -0.2) is 9.37 Å². The third kappa shape index (κ3) is 2.85. The summed E-state index contributed by atoms with van der Waals surface area (Å²) in [4.78, 5) is 26.6. The number of carboxylic acid groups (broad SMARTS) is 1. The number of aromatic nitrogens is 2. The van der Waals surface area contributed by atoms with E-state index in [1.54, 1.807) is 13.8 Å². The zero-order valence-electron chi connectivity index (χ0n) is 11.5. The Hall–Kier alpha value is -2.09. The topological polar surface area (TPSA) is 98.2 Å². The largest absolute Gasteiger partial charge is 0.481 e. The van der Waals surface area contributed by atoms with Crippen molar-refractivity contribution in [2.24, 2.45) is 5.73 Å². The number of halogens is 1. The number of carboxylic acids is 1. The predicted octanol–water partition coefficient (Wildman–Crippen LogP) is 1.57. The first-order valence-electron chi connectivity index (χ1n) is 6.06. The summed E-state index contributed by atoms with van der Waals surface area (Å²) in [6.45, 7) is 3.20. The van der Waals surface area contributed by atoms with E-state index in [1.165, 1.54) is 22.8 Å². The maximum Gasteiger partial charge on any atom is 0.313 e. The lowest BCUT2D eigenvalue weighted by molar-refractivity contribution is -0.133. The van der Waals surface area contributed by atoms with Gasteiger partial charge in [-0.05, 0) is 26.0 Å². The van der Waals surface area contributed by atoms with Crippen molar-refractivity contribution in [3.8, 4) is 0 Å². The Bertz CT molecular complexity index is 727. The van der Waals surface area contributed by atoms with Crippen molar-refractivity contribution in [2.75, 3.05) is 5.75 Å². The summed E-state index contributed by atoms with van der Waals surface area (Å²) in [5, 5.41) is 9.09. The molecule has 0 spiro atoms. The van der Waals surface area contributed by atoms with E-state index in [9.17, 15) is 14.0 Å². The highest BCUT2D eigenvalue weighted by molar-refractivity contribution is 7.99. The number of aliphatic carboxylic acids is 1. The molecule has 0 aliphatic rings. The van der Waals surface area contributed by atoms with Gasteiger partial charge < -0.3 is 15.4 Å². The van der Waals surface area contributed by atoms with E-state index >= 15 is 0 Å². The zero-order valence-corrected chi connectivity index (χ0v) is 12.3. The third-order valence-electron chi connectivity index (χ3n) is 3.07. The summed E-state index contributed by atoms with van der Waals surface area (Å²) in [5.74, 6) is -2.29. The molecule has 0 aliphatic carbocycles. The second-order valence-corrected chi connectivity index (χ2v) is 5.91. The molecule has 1 heterocycles. The van der Waals surface area contributed by atoms with Crippen LogP contribution in [-0.2, 0) is 15.1 Å². The lowest BCUT2D eigenvalue weighted by Crippen LogP contribution is -2.41. The summed E-state index contributed by atoms with van der Waals surface area (Å²) in [6, 6.07) is 3.98. The maximum atomic E-state index is 13.3. The monoisotopic (exact) mass is 311 g/mol. The number of amides is 1. The smallest absolute Gasteiger partial charge is 0.313 e. The normalized spacial score (nSPS) is 11.8. The molecule has 0 unspecified atom stereocenters. The number of hydrogen-bond donors (Lipinski definition) is 2. The van der Waals surface area contributed by atoms with Gasteiger partial charge in [-0.1, -0.05) is 11.8 Å². The standard InChI is InChI=1S/C13H14FN3O3S/c1-13(2,11(15)20)17-9-4-3-7(14)5-8(9)16-12(17)21-6-10(18)19/h3-5H,6H2,1-2H3,(H2,15,20)(H,18,19). The molecule has 2 aromatic rings. The first kappa shape index (κ1) is 15.3. The first-order chi connectivity index (χ1) is 9.73. The van der Waals surface area contributed by atoms with Crippen molar-refractivity contribution < 1.29 is 19.1 Å². The average Bonchev–Trinajstić information content (AvgIpc) is 2.73. The molecule has 1 amide bonds. The van der Waals surface area contributed by atoms with Gasteiger partial charge in [0.15, 0.2) is 5.16 Å². The molecule has 6 nitrogen and oxygen atoms in total. The van der Waals surface area contributed by atoms with E-state index in [1.807, 2.05) is 0 Å². The maximum absolute atomic E-state index is 13.3. The molecule has 112 valence electrons. The Morgan fingerprint density at radius 3 is 2.71 bits per heavy atom. The molecule has 21 heavy (non-hydrogen) atoms. The lowest BCUT2D eigenvalue weighted by Gasteiger charge is -2.25. The molecule has 0 aliphatic heterocycles. The minimum Gasteiger partial charge on any atom is -0.481 e. The predicted molar refractivity (Wildman–Crippen MR) is 76.6 cm³/mol. The summed E-state index contributed by atoms with van der Waals surface area (Å²) in [7, 11) is 0. The number of carbonyl (C=O) groups excluding carboxylic acids is 1. The highest BCUT2D eigenvalue weighted by atomic mass is 32.2. The molecule has 0 radical (unpaired) electrons. The fourth-order valence-electron chi connectivity index (χ4n) is 1.90. The quantitative estimate of drug-likeness (QED) is 0.817. The highest BCUT2D eigenvalue weighted by Gasteiger charge is 2.32. The molecule has 2 rings (SSSR count). The Kier molecular flexibility index (Phi) is 3.91. The van der Waals surface area contributed by atoms with E-state index in [0.29, 0.717) is 16.2 Å². The van der Waals surface area contributed by atoms with Crippen LogP contribution in [0, 0.1) is 5.82 Å². The molecule has 0 bridgehead atoms. The molecule has 3 N–H and O–H groups in total. The molecule has 1 aromatic heterocycles. The van der Waals surface area contributed by atoms with Crippen molar-refractivity contribution in [1.29, 1.82) is 0 Å². The van der Waals surface area contributed by atoms with Gasteiger partial charge in [0, 0.05) is 6.07 Å². The number of nitrogens with zero attached hydrogens (tertiary/aromatic N) is 2.